The first kappa shape index (κ1) is 33.7. The Bertz CT molecular complexity index is 1520. The minimum absolute atomic E-state index is 0.00161. The zero-order valence-electron chi connectivity index (χ0n) is 23.5. The summed E-state index contributed by atoms with van der Waals surface area (Å²) in [7, 11) is 0. The monoisotopic (exact) mass is 652 g/mol. The second-order valence-corrected chi connectivity index (χ2v) is 10.5. The Kier molecular flexibility index (Phi) is 10.0. The van der Waals surface area contributed by atoms with Gasteiger partial charge in [-0.2, -0.15) is 36.3 Å². The number of rotatable bonds is 10. The summed E-state index contributed by atoms with van der Waals surface area (Å²) in [6, 6.07) is 3.49. The molecule has 1 saturated carbocycles. The molecule has 4 rings (SSSR count). The Balaban J connectivity index is 1.60. The normalized spacial score (nSPS) is 18.1. The minimum atomic E-state index is -4.81. The minimum Gasteiger partial charge on any atom is -0.471 e. The van der Waals surface area contributed by atoms with Crippen LogP contribution in [0.5, 0.6) is 5.88 Å². The van der Waals surface area contributed by atoms with E-state index in [1.165, 1.54) is 6.92 Å². The maximum absolute atomic E-state index is 13.8. The van der Waals surface area contributed by atoms with E-state index in [-0.39, 0.29) is 60.5 Å². The number of nitrogens with zero attached hydrogens (tertiary/aromatic N) is 2. The molecule has 2 amide bonds. The van der Waals surface area contributed by atoms with Crippen molar-refractivity contribution < 1.29 is 54.6 Å². The lowest BCUT2D eigenvalue weighted by Crippen LogP contribution is -2.40. The number of carbonyl (C=O) groups excluding carboxylic acids is 2. The first-order valence-corrected chi connectivity index (χ1v) is 13.6. The summed E-state index contributed by atoms with van der Waals surface area (Å²) in [4.78, 5) is 35.4. The molecule has 18 heteroatoms. The molecule has 3 aromatic rings. The molecule has 45 heavy (non-hydrogen) atoms. The van der Waals surface area contributed by atoms with Crippen molar-refractivity contribution in [2.24, 2.45) is 5.92 Å². The molecule has 1 aliphatic rings. The molecule has 0 bridgehead atoms. The van der Waals surface area contributed by atoms with Crippen LogP contribution in [0.2, 0.25) is 0 Å². The number of imidazole rings is 1. The first-order chi connectivity index (χ1) is 21.0. The van der Waals surface area contributed by atoms with Crippen molar-refractivity contribution >= 4 is 34.6 Å². The van der Waals surface area contributed by atoms with Gasteiger partial charge in [0.2, 0.25) is 17.7 Å². The van der Waals surface area contributed by atoms with E-state index in [9.17, 15) is 49.8 Å². The van der Waals surface area contributed by atoms with Gasteiger partial charge in [-0.1, -0.05) is 6.07 Å². The predicted molar refractivity (Wildman–Crippen MR) is 143 cm³/mol. The molecule has 0 radical (unpaired) electrons. The third-order valence-electron chi connectivity index (χ3n) is 7.04. The molecule has 0 spiro atoms. The van der Waals surface area contributed by atoms with Gasteiger partial charge in [-0.15, -0.1) is 0 Å². The van der Waals surface area contributed by atoms with Crippen molar-refractivity contribution in [3.8, 4) is 5.88 Å². The summed E-state index contributed by atoms with van der Waals surface area (Å²) in [5.74, 6) is -3.94. The van der Waals surface area contributed by atoms with Crippen LogP contribution >= 0.6 is 0 Å². The van der Waals surface area contributed by atoms with Gasteiger partial charge in [0.1, 0.15) is 11.7 Å². The lowest BCUT2D eigenvalue weighted by molar-refractivity contribution is -0.182. The molecule has 0 unspecified atom stereocenters. The Labute approximate surface area is 249 Å². The highest BCUT2D eigenvalue weighted by atomic mass is 19.4. The first-order valence-electron chi connectivity index (χ1n) is 13.6. The summed E-state index contributed by atoms with van der Waals surface area (Å²) in [6.45, 7) is -0.149. The molecule has 5 N–H and O–H groups in total. The van der Waals surface area contributed by atoms with E-state index in [4.69, 9.17) is 4.74 Å². The van der Waals surface area contributed by atoms with Crippen LogP contribution in [0.3, 0.4) is 0 Å². The Hall–Kier alpha value is -4.22. The van der Waals surface area contributed by atoms with Crippen molar-refractivity contribution in [1.29, 1.82) is 0 Å². The molecule has 1 fully saturated rings. The zero-order valence-corrected chi connectivity index (χ0v) is 23.5. The van der Waals surface area contributed by atoms with E-state index in [1.807, 2.05) is 0 Å². The third kappa shape index (κ3) is 8.70. The van der Waals surface area contributed by atoms with E-state index in [0.717, 1.165) is 24.3 Å². The number of ether oxygens (including phenoxy) is 1. The summed E-state index contributed by atoms with van der Waals surface area (Å²) in [5.41, 5.74) is -1.89. The summed E-state index contributed by atoms with van der Waals surface area (Å²) < 4.78 is 111. The van der Waals surface area contributed by atoms with Crippen LogP contribution in [0.1, 0.15) is 54.1 Å². The Morgan fingerprint density at radius 1 is 1.07 bits per heavy atom. The number of hydrogen-bond donors (Lipinski definition) is 5. The lowest BCUT2D eigenvalue weighted by atomic mass is 9.85. The van der Waals surface area contributed by atoms with Crippen molar-refractivity contribution in [3.63, 3.8) is 0 Å². The summed E-state index contributed by atoms with van der Waals surface area (Å²) in [6.07, 6.45) is -13.8. The van der Waals surface area contributed by atoms with Gasteiger partial charge in [0.25, 0.3) is 12.3 Å². The number of H-pyrrole nitrogens is 1. The van der Waals surface area contributed by atoms with E-state index in [1.54, 1.807) is 0 Å². The second-order valence-electron chi connectivity index (χ2n) is 10.5. The molecule has 0 aliphatic heterocycles. The molecule has 2 aromatic heterocycles. The number of aromatic nitrogens is 3. The Morgan fingerprint density at radius 3 is 2.36 bits per heavy atom. The number of fused-ring (bicyclic) bond motifs is 1. The predicted octanol–water partition coefficient (Wildman–Crippen LogP) is 5.21. The number of alkyl halides is 8. The van der Waals surface area contributed by atoms with Crippen LogP contribution in [-0.2, 0) is 17.5 Å². The maximum Gasteiger partial charge on any atom is 0.418 e. The highest BCUT2D eigenvalue weighted by Gasteiger charge is 2.41. The average molecular weight is 653 g/mol. The number of hydrogen-bond acceptors (Lipinski definition) is 7. The fourth-order valence-electron chi connectivity index (χ4n) is 4.74. The Morgan fingerprint density at radius 2 is 1.76 bits per heavy atom. The van der Waals surface area contributed by atoms with E-state index in [0.29, 0.717) is 0 Å². The fraction of sp³-hybridized carbons (Fsp3) is 0.481. The molecule has 1 aliphatic carbocycles. The number of aliphatic hydroxyl groups excluding tert-OH is 1. The number of carbonyl (C=O) groups is 2. The topological polar surface area (TPSA) is 141 Å². The third-order valence-corrected chi connectivity index (χ3v) is 7.04. The molecule has 1 atom stereocenters. The van der Waals surface area contributed by atoms with Crippen LogP contribution in [0.15, 0.2) is 24.3 Å². The number of pyridine rings is 1. The number of aromatic amines is 1. The van der Waals surface area contributed by atoms with Gasteiger partial charge in [0, 0.05) is 12.6 Å². The maximum atomic E-state index is 13.8. The molecule has 1 aromatic carbocycles. The number of amides is 2. The number of aliphatic hydroxyl groups is 1. The molecule has 0 saturated heterocycles. The van der Waals surface area contributed by atoms with Crippen LogP contribution in [0, 0.1) is 5.92 Å². The largest absolute Gasteiger partial charge is 0.471 e. The average Bonchev–Trinajstić information content (AvgIpc) is 3.34. The van der Waals surface area contributed by atoms with Crippen LogP contribution in [0.4, 0.5) is 46.8 Å². The zero-order chi connectivity index (χ0) is 33.1. The number of nitrogens with one attached hydrogen (secondary N) is 4. The second kappa shape index (κ2) is 13.4. The van der Waals surface area contributed by atoms with Gasteiger partial charge in [0.05, 0.1) is 22.7 Å². The van der Waals surface area contributed by atoms with Crippen molar-refractivity contribution in [2.45, 2.75) is 70.1 Å². The molecule has 10 nitrogen and oxygen atoms in total. The standard InChI is InChI=1S/C27H28F8N6O4/c1-12(42)22(43)36-10-13-2-7-17(27(33,34)35)18(8-13)38-25-39-19-9-16(24(40-21(19)41-25)45-11-20(28)29)23(44)37-15-5-3-14(4-6-15)26(30,31)32/h2,7-9,12,14-15,20,42H,3-6,10-11H2,1H3,(H,36,43)(H,37,44)(H2,38,39,40,41)/t12-,14?,15?/m0/s1. The van der Waals surface area contributed by atoms with Crippen molar-refractivity contribution in [3.05, 3.63) is 41.0 Å². The molecular weight excluding hydrogens is 624 g/mol. The van der Waals surface area contributed by atoms with Gasteiger partial charge in [-0.05, 0) is 56.4 Å². The van der Waals surface area contributed by atoms with Gasteiger partial charge in [-0.3, -0.25) is 9.59 Å². The SMILES string of the molecule is C[C@H](O)C(=O)NCc1ccc(C(F)(F)F)c(Nc2nc3nc(OCC(F)F)c(C(=O)NC4CCC(C(F)(F)F)CC4)cc3[nH]2)c1. The van der Waals surface area contributed by atoms with Crippen LogP contribution in [-0.4, -0.2) is 63.2 Å². The fourth-order valence-corrected chi connectivity index (χ4v) is 4.74. The van der Waals surface area contributed by atoms with Crippen LogP contribution < -0.4 is 20.7 Å². The molecular formula is C27H28F8N6O4. The van der Waals surface area contributed by atoms with E-state index >= 15 is 0 Å². The number of anilines is 2. The smallest absolute Gasteiger partial charge is 0.418 e. The molecule has 2 heterocycles. The van der Waals surface area contributed by atoms with Crippen LogP contribution in [0.25, 0.3) is 11.2 Å². The highest BCUT2D eigenvalue weighted by molar-refractivity contribution is 5.99. The number of halogens is 8. The van der Waals surface area contributed by atoms with Gasteiger partial charge in [-0.25, -0.2) is 8.78 Å². The summed E-state index contributed by atoms with van der Waals surface area (Å²) >= 11 is 0. The van der Waals surface area contributed by atoms with E-state index < -0.39 is 72.4 Å². The lowest BCUT2D eigenvalue weighted by Gasteiger charge is -2.30. The van der Waals surface area contributed by atoms with Gasteiger partial charge < -0.3 is 30.8 Å². The number of benzene rings is 1. The van der Waals surface area contributed by atoms with Crippen molar-refractivity contribution in [2.75, 3.05) is 11.9 Å². The van der Waals surface area contributed by atoms with Gasteiger partial charge >= 0.3 is 12.4 Å². The van der Waals surface area contributed by atoms with Crippen molar-refractivity contribution in [1.82, 2.24) is 25.6 Å². The summed E-state index contributed by atoms with van der Waals surface area (Å²) in [5, 5.41) is 16.7. The highest BCUT2D eigenvalue weighted by Crippen LogP contribution is 2.38. The molecule has 246 valence electrons. The van der Waals surface area contributed by atoms with Gasteiger partial charge in [0.15, 0.2) is 12.3 Å². The quantitative estimate of drug-likeness (QED) is 0.189. The van der Waals surface area contributed by atoms with E-state index in [2.05, 4.69) is 30.9 Å².